The number of benzene rings is 1. The highest BCUT2D eigenvalue weighted by Gasteiger charge is 2.28. The highest BCUT2D eigenvalue weighted by atomic mass is 19.1. The fraction of sp³-hybridized carbons (Fsp3) is 0.444. The second kappa shape index (κ2) is 8.11. The molecule has 0 bridgehead atoms. The van der Waals surface area contributed by atoms with Crippen LogP contribution in [0.2, 0.25) is 0 Å². The van der Waals surface area contributed by atoms with Gasteiger partial charge in [-0.3, -0.25) is 5.10 Å². The molecule has 0 unspecified atom stereocenters. The van der Waals surface area contributed by atoms with Gasteiger partial charge in [-0.1, -0.05) is 12.1 Å². The molecule has 2 amide bonds. The Kier molecular flexibility index (Phi) is 5.65. The third-order valence-electron chi connectivity index (χ3n) is 4.63. The molecule has 1 aliphatic heterocycles. The van der Waals surface area contributed by atoms with Gasteiger partial charge in [0.05, 0.1) is 18.3 Å². The van der Waals surface area contributed by atoms with Crippen molar-refractivity contribution in [1.29, 1.82) is 0 Å². The minimum absolute atomic E-state index is 0.0410. The molecule has 1 aliphatic rings. The molecule has 134 valence electrons. The van der Waals surface area contributed by atoms with E-state index in [0.29, 0.717) is 6.54 Å². The molecule has 0 aliphatic carbocycles. The second-order valence-electron chi connectivity index (χ2n) is 6.20. The topological polar surface area (TPSA) is 70.2 Å². The van der Waals surface area contributed by atoms with Gasteiger partial charge in [-0.25, -0.2) is 9.18 Å². The fourth-order valence-electron chi connectivity index (χ4n) is 3.26. The van der Waals surface area contributed by atoms with Crippen molar-refractivity contribution in [2.75, 3.05) is 20.2 Å². The molecule has 1 saturated heterocycles. The van der Waals surface area contributed by atoms with Crippen LogP contribution in [0.3, 0.4) is 0 Å². The fourth-order valence-corrected chi connectivity index (χ4v) is 3.26. The Morgan fingerprint density at radius 2 is 2.24 bits per heavy atom. The van der Waals surface area contributed by atoms with E-state index in [1.165, 1.54) is 12.1 Å². The number of aromatic amines is 1. The van der Waals surface area contributed by atoms with Crippen molar-refractivity contribution in [3.63, 3.8) is 0 Å². The first-order valence-electron chi connectivity index (χ1n) is 8.50. The van der Waals surface area contributed by atoms with Crippen LogP contribution in [0.1, 0.15) is 42.5 Å². The van der Waals surface area contributed by atoms with E-state index in [2.05, 4.69) is 15.5 Å². The number of nitrogens with zero attached hydrogens (tertiary/aromatic N) is 2. The molecular weight excluding hydrogens is 323 g/mol. The van der Waals surface area contributed by atoms with Gasteiger partial charge in [0.1, 0.15) is 5.82 Å². The Bertz CT molecular complexity index is 675. The number of ether oxygens (including phenoxy) is 1. The maximum absolute atomic E-state index is 13.1. The zero-order valence-electron chi connectivity index (χ0n) is 14.2. The SMILES string of the molecule is CO[C@@H](CNC(=O)N1CCCC[C@H]1c1cn[nH]c1)c1ccc(F)cc1. The van der Waals surface area contributed by atoms with Gasteiger partial charge in [0.15, 0.2) is 0 Å². The van der Waals surface area contributed by atoms with Gasteiger partial charge in [-0.2, -0.15) is 5.10 Å². The number of piperidine rings is 1. The minimum atomic E-state index is -0.318. The van der Waals surface area contributed by atoms with E-state index in [9.17, 15) is 9.18 Å². The predicted molar refractivity (Wildman–Crippen MR) is 91.4 cm³/mol. The first-order valence-corrected chi connectivity index (χ1v) is 8.50. The third kappa shape index (κ3) is 4.17. The number of aromatic nitrogens is 2. The van der Waals surface area contributed by atoms with Crippen LogP contribution < -0.4 is 5.32 Å². The number of urea groups is 1. The van der Waals surface area contributed by atoms with E-state index in [4.69, 9.17) is 4.74 Å². The highest BCUT2D eigenvalue weighted by Crippen LogP contribution is 2.30. The Morgan fingerprint density at radius 3 is 2.92 bits per heavy atom. The van der Waals surface area contributed by atoms with E-state index < -0.39 is 0 Å². The summed E-state index contributed by atoms with van der Waals surface area (Å²) in [6.07, 6.45) is 6.31. The summed E-state index contributed by atoms with van der Waals surface area (Å²) in [6.45, 7) is 1.05. The summed E-state index contributed by atoms with van der Waals surface area (Å²) in [6, 6.07) is 6.05. The Balaban J connectivity index is 1.63. The summed E-state index contributed by atoms with van der Waals surface area (Å²) < 4.78 is 18.5. The van der Waals surface area contributed by atoms with E-state index >= 15 is 0 Å². The van der Waals surface area contributed by atoms with E-state index in [-0.39, 0.29) is 24.0 Å². The average molecular weight is 346 g/mol. The summed E-state index contributed by atoms with van der Waals surface area (Å²) in [5.74, 6) is -0.293. The number of hydrogen-bond donors (Lipinski definition) is 2. The third-order valence-corrected chi connectivity index (χ3v) is 4.63. The van der Waals surface area contributed by atoms with Crippen LogP contribution in [0.5, 0.6) is 0 Å². The molecule has 2 aromatic rings. The summed E-state index contributed by atoms with van der Waals surface area (Å²) in [5, 5.41) is 9.75. The maximum atomic E-state index is 13.1. The first kappa shape index (κ1) is 17.4. The predicted octanol–water partition coefficient (Wildman–Crippen LogP) is 3.17. The Hall–Kier alpha value is -2.41. The number of hydrogen-bond acceptors (Lipinski definition) is 3. The number of rotatable bonds is 5. The van der Waals surface area contributed by atoms with Gasteiger partial charge in [-0.15, -0.1) is 0 Å². The van der Waals surface area contributed by atoms with Crippen molar-refractivity contribution < 1.29 is 13.9 Å². The van der Waals surface area contributed by atoms with Crippen LogP contribution in [0.4, 0.5) is 9.18 Å². The number of amides is 2. The number of nitrogens with one attached hydrogen (secondary N) is 2. The molecule has 0 spiro atoms. The first-order chi connectivity index (χ1) is 12.2. The van der Waals surface area contributed by atoms with Crippen molar-refractivity contribution in [2.45, 2.75) is 31.4 Å². The van der Waals surface area contributed by atoms with Gasteiger partial charge in [-0.05, 0) is 37.0 Å². The molecule has 6 nitrogen and oxygen atoms in total. The van der Waals surface area contributed by atoms with Gasteiger partial charge >= 0.3 is 6.03 Å². The minimum Gasteiger partial charge on any atom is -0.375 e. The smallest absolute Gasteiger partial charge is 0.318 e. The van der Waals surface area contributed by atoms with Gasteiger partial charge in [0, 0.05) is 32.0 Å². The summed E-state index contributed by atoms with van der Waals surface area (Å²) in [5.41, 5.74) is 1.85. The van der Waals surface area contributed by atoms with Gasteiger partial charge < -0.3 is 15.0 Å². The van der Waals surface area contributed by atoms with Crippen molar-refractivity contribution in [3.8, 4) is 0 Å². The lowest BCUT2D eigenvalue weighted by Crippen LogP contribution is -2.45. The molecular formula is C18H23FN4O2. The van der Waals surface area contributed by atoms with Crippen LogP contribution in [-0.2, 0) is 4.74 Å². The van der Waals surface area contributed by atoms with Crippen LogP contribution >= 0.6 is 0 Å². The molecule has 1 fully saturated rings. The van der Waals surface area contributed by atoms with Crippen molar-refractivity contribution >= 4 is 6.03 Å². The normalized spacial score (nSPS) is 18.8. The molecule has 2 heterocycles. The van der Waals surface area contributed by atoms with Crippen LogP contribution in [0.15, 0.2) is 36.7 Å². The Labute approximate surface area is 146 Å². The maximum Gasteiger partial charge on any atom is 0.318 e. The standard InChI is InChI=1S/C18H23FN4O2/c1-25-17(13-5-7-15(19)8-6-13)12-20-18(24)23-9-3-2-4-16(23)14-10-21-22-11-14/h5-8,10-11,16-17H,2-4,9,12H2,1H3,(H,20,24)(H,21,22)/t16-,17-/m0/s1. The summed E-state index contributed by atoms with van der Waals surface area (Å²) in [4.78, 5) is 14.5. The average Bonchev–Trinajstić information content (AvgIpc) is 3.18. The number of carbonyl (C=O) groups is 1. The summed E-state index contributed by atoms with van der Waals surface area (Å²) in [7, 11) is 1.58. The van der Waals surface area contributed by atoms with E-state index in [0.717, 1.165) is 36.9 Å². The highest BCUT2D eigenvalue weighted by molar-refractivity contribution is 5.75. The lowest BCUT2D eigenvalue weighted by Gasteiger charge is -2.35. The largest absolute Gasteiger partial charge is 0.375 e. The number of likely N-dealkylation sites (tertiary alicyclic amines) is 1. The summed E-state index contributed by atoms with van der Waals surface area (Å²) >= 11 is 0. The number of methoxy groups -OCH3 is 1. The molecule has 0 saturated carbocycles. The van der Waals surface area contributed by atoms with Gasteiger partial charge in [0.2, 0.25) is 0 Å². The molecule has 7 heteroatoms. The molecule has 1 aromatic heterocycles. The molecule has 0 radical (unpaired) electrons. The number of H-pyrrole nitrogens is 1. The molecule has 2 atom stereocenters. The van der Waals surface area contributed by atoms with E-state index in [1.54, 1.807) is 25.4 Å². The molecule has 1 aromatic carbocycles. The second-order valence-corrected chi connectivity index (χ2v) is 6.20. The number of halogens is 1. The van der Waals surface area contributed by atoms with E-state index in [1.807, 2.05) is 11.1 Å². The van der Waals surface area contributed by atoms with Crippen molar-refractivity contribution in [3.05, 3.63) is 53.6 Å². The van der Waals surface area contributed by atoms with Crippen LogP contribution in [-0.4, -0.2) is 41.3 Å². The zero-order valence-corrected chi connectivity index (χ0v) is 14.2. The molecule has 25 heavy (non-hydrogen) atoms. The molecule has 3 rings (SSSR count). The van der Waals surface area contributed by atoms with Crippen molar-refractivity contribution in [1.82, 2.24) is 20.4 Å². The molecule has 2 N–H and O–H groups in total. The number of carbonyl (C=O) groups excluding carboxylic acids is 1. The lowest BCUT2D eigenvalue weighted by molar-refractivity contribution is 0.0975. The van der Waals surface area contributed by atoms with Crippen LogP contribution in [0, 0.1) is 5.82 Å². The monoisotopic (exact) mass is 346 g/mol. The quantitative estimate of drug-likeness (QED) is 0.874. The van der Waals surface area contributed by atoms with Gasteiger partial charge in [0.25, 0.3) is 0 Å². The zero-order chi connectivity index (χ0) is 17.6. The Morgan fingerprint density at radius 1 is 1.44 bits per heavy atom. The van der Waals surface area contributed by atoms with Crippen LogP contribution in [0.25, 0.3) is 0 Å². The van der Waals surface area contributed by atoms with Crippen molar-refractivity contribution in [2.24, 2.45) is 0 Å². The lowest BCUT2D eigenvalue weighted by atomic mass is 9.98.